The zero-order valence-electron chi connectivity index (χ0n) is 11.9. The lowest BCUT2D eigenvalue weighted by atomic mass is 10.1. The summed E-state index contributed by atoms with van der Waals surface area (Å²) in [5, 5.41) is 7.88. The maximum atomic E-state index is 6.25. The van der Waals surface area contributed by atoms with E-state index in [1.807, 2.05) is 32.2 Å². The Morgan fingerprint density at radius 1 is 1.45 bits per heavy atom. The Balaban J connectivity index is 2.07. The van der Waals surface area contributed by atoms with E-state index in [0.717, 1.165) is 17.9 Å². The molecule has 0 radical (unpaired) electrons. The van der Waals surface area contributed by atoms with Crippen LogP contribution in [0.2, 0.25) is 5.02 Å². The van der Waals surface area contributed by atoms with Gasteiger partial charge in [-0.3, -0.25) is 0 Å². The topological polar surface area (TPSA) is 52.0 Å². The summed E-state index contributed by atoms with van der Waals surface area (Å²) < 4.78 is 7.51. The average Bonchev–Trinajstić information content (AvgIpc) is 2.92. The molecule has 1 atom stereocenters. The molecule has 0 aliphatic rings. The second-order valence-electron chi connectivity index (χ2n) is 4.48. The van der Waals surface area contributed by atoms with Gasteiger partial charge in [0.25, 0.3) is 0 Å². The van der Waals surface area contributed by atoms with Gasteiger partial charge >= 0.3 is 0 Å². The van der Waals surface area contributed by atoms with Crippen LogP contribution in [-0.4, -0.2) is 21.8 Å². The average molecular weight is 295 g/mol. The summed E-state index contributed by atoms with van der Waals surface area (Å²) in [6.07, 6.45) is 1.53. The first-order valence-corrected chi connectivity index (χ1v) is 6.99. The molecule has 1 N–H and O–H groups in total. The highest BCUT2D eigenvalue weighted by molar-refractivity contribution is 6.32. The molecule has 0 bridgehead atoms. The van der Waals surface area contributed by atoms with Crippen molar-refractivity contribution in [2.24, 2.45) is 0 Å². The van der Waals surface area contributed by atoms with Crippen molar-refractivity contribution in [3.63, 3.8) is 0 Å². The zero-order chi connectivity index (χ0) is 14.5. The van der Waals surface area contributed by atoms with Gasteiger partial charge in [-0.05, 0) is 38.6 Å². The maximum absolute atomic E-state index is 6.25. The number of nitrogens with zero attached hydrogens (tertiary/aromatic N) is 3. The molecule has 0 spiro atoms. The van der Waals surface area contributed by atoms with Crippen molar-refractivity contribution in [1.82, 2.24) is 20.1 Å². The van der Waals surface area contributed by atoms with E-state index in [1.165, 1.54) is 6.33 Å². The summed E-state index contributed by atoms with van der Waals surface area (Å²) in [5.74, 6) is 1.45. The molecule has 0 aliphatic heterocycles. The summed E-state index contributed by atoms with van der Waals surface area (Å²) in [6, 6.07) is 6.07. The van der Waals surface area contributed by atoms with Crippen molar-refractivity contribution in [2.45, 2.75) is 33.0 Å². The molecular weight excluding hydrogens is 276 g/mol. The van der Waals surface area contributed by atoms with Crippen LogP contribution in [0.3, 0.4) is 0 Å². The molecule has 108 valence electrons. The molecule has 1 heterocycles. The number of aromatic nitrogens is 3. The fourth-order valence-electron chi connectivity index (χ4n) is 1.88. The van der Waals surface area contributed by atoms with Crippen molar-refractivity contribution >= 4 is 11.6 Å². The summed E-state index contributed by atoms with van der Waals surface area (Å²) in [4.78, 5) is 4.16. The van der Waals surface area contributed by atoms with Crippen LogP contribution in [0.25, 0.3) is 0 Å². The summed E-state index contributed by atoms with van der Waals surface area (Å²) in [7, 11) is 1.92. The molecule has 1 aromatic heterocycles. The lowest BCUT2D eigenvalue weighted by Gasteiger charge is -2.13. The Morgan fingerprint density at radius 3 is 2.90 bits per heavy atom. The third-order valence-electron chi connectivity index (χ3n) is 3.24. The monoisotopic (exact) mass is 294 g/mol. The van der Waals surface area contributed by atoms with Crippen LogP contribution in [0.1, 0.15) is 31.3 Å². The lowest BCUT2D eigenvalue weighted by molar-refractivity contribution is 0.287. The van der Waals surface area contributed by atoms with Crippen LogP contribution in [0.15, 0.2) is 24.5 Å². The number of benzene rings is 1. The highest BCUT2D eigenvalue weighted by atomic mass is 35.5. The van der Waals surface area contributed by atoms with E-state index in [1.54, 1.807) is 4.68 Å². The van der Waals surface area contributed by atoms with Crippen LogP contribution in [-0.2, 0) is 13.2 Å². The smallest absolute Gasteiger partial charge is 0.164 e. The molecule has 0 saturated heterocycles. The number of hydrogen-bond donors (Lipinski definition) is 1. The highest BCUT2D eigenvalue weighted by Crippen LogP contribution is 2.28. The first-order chi connectivity index (χ1) is 9.65. The van der Waals surface area contributed by atoms with Gasteiger partial charge in [0, 0.05) is 12.6 Å². The maximum Gasteiger partial charge on any atom is 0.164 e. The number of ether oxygens (including phenoxy) is 1. The second kappa shape index (κ2) is 6.72. The molecule has 0 amide bonds. The van der Waals surface area contributed by atoms with Gasteiger partial charge in [-0.1, -0.05) is 17.7 Å². The quantitative estimate of drug-likeness (QED) is 0.890. The fourth-order valence-corrected chi connectivity index (χ4v) is 2.12. The van der Waals surface area contributed by atoms with Crippen LogP contribution >= 0.6 is 11.6 Å². The molecule has 1 aromatic carbocycles. The Labute approximate surface area is 123 Å². The minimum Gasteiger partial charge on any atom is -0.484 e. The number of rotatable bonds is 6. The van der Waals surface area contributed by atoms with E-state index in [9.17, 15) is 0 Å². The Bertz CT molecular complexity index is 570. The van der Waals surface area contributed by atoms with Gasteiger partial charge in [0.2, 0.25) is 0 Å². The second-order valence-corrected chi connectivity index (χ2v) is 4.89. The van der Waals surface area contributed by atoms with Gasteiger partial charge in [-0.2, -0.15) is 5.10 Å². The van der Waals surface area contributed by atoms with Crippen LogP contribution in [0, 0.1) is 0 Å². The van der Waals surface area contributed by atoms with Crippen LogP contribution in [0.5, 0.6) is 5.75 Å². The van der Waals surface area contributed by atoms with Gasteiger partial charge in [0.1, 0.15) is 18.7 Å². The molecule has 20 heavy (non-hydrogen) atoms. The zero-order valence-corrected chi connectivity index (χ0v) is 12.7. The van der Waals surface area contributed by atoms with Crippen LogP contribution < -0.4 is 10.1 Å². The van der Waals surface area contributed by atoms with Crippen molar-refractivity contribution in [3.8, 4) is 5.75 Å². The minimum absolute atomic E-state index is 0.254. The van der Waals surface area contributed by atoms with Gasteiger partial charge < -0.3 is 10.1 Å². The third-order valence-corrected chi connectivity index (χ3v) is 3.54. The normalized spacial score (nSPS) is 12.4. The first kappa shape index (κ1) is 14.8. The molecule has 0 saturated carbocycles. The SMILES string of the molecule is CCn1ncnc1COc1ccc(C(C)NC)cc1Cl. The lowest BCUT2D eigenvalue weighted by Crippen LogP contribution is -2.12. The van der Waals surface area contributed by atoms with E-state index < -0.39 is 0 Å². The number of halogens is 1. The predicted molar refractivity (Wildman–Crippen MR) is 79.0 cm³/mol. The Morgan fingerprint density at radius 2 is 2.25 bits per heavy atom. The standard InChI is InChI=1S/C14H19ClN4O/c1-4-19-14(17-9-18-19)8-20-13-6-5-11(7-12(13)15)10(2)16-3/h5-7,9-10,16H,4,8H2,1-3H3. The van der Waals surface area contributed by atoms with Gasteiger partial charge in [0.15, 0.2) is 5.82 Å². The van der Waals surface area contributed by atoms with E-state index in [4.69, 9.17) is 16.3 Å². The Kier molecular flexibility index (Phi) is 4.98. The van der Waals surface area contributed by atoms with Crippen molar-refractivity contribution < 1.29 is 4.74 Å². The molecule has 2 rings (SSSR count). The summed E-state index contributed by atoms with van der Waals surface area (Å²) in [5.41, 5.74) is 1.13. The van der Waals surface area contributed by atoms with Gasteiger partial charge in [-0.25, -0.2) is 9.67 Å². The molecule has 1 unspecified atom stereocenters. The molecule has 0 aliphatic carbocycles. The van der Waals surface area contributed by atoms with Crippen molar-refractivity contribution in [1.29, 1.82) is 0 Å². The van der Waals surface area contributed by atoms with Gasteiger partial charge in [0.05, 0.1) is 5.02 Å². The largest absolute Gasteiger partial charge is 0.484 e. The number of hydrogen-bond acceptors (Lipinski definition) is 4. The third kappa shape index (κ3) is 3.29. The van der Waals surface area contributed by atoms with E-state index in [2.05, 4.69) is 22.3 Å². The molecule has 5 nitrogen and oxygen atoms in total. The molecular formula is C14H19ClN4O. The molecule has 6 heteroatoms. The summed E-state index contributed by atoms with van der Waals surface area (Å²) >= 11 is 6.25. The first-order valence-electron chi connectivity index (χ1n) is 6.62. The van der Waals surface area contributed by atoms with Crippen molar-refractivity contribution in [2.75, 3.05) is 7.05 Å². The molecule has 2 aromatic rings. The van der Waals surface area contributed by atoms with E-state index in [-0.39, 0.29) is 6.04 Å². The number of aryl methyl sites for hydroxylation is 1. The fraction of sp³-hybridized carbons (Fsp3) is 0.429. The van der Waals surface area contributed by atoms with E-state index in [0.29, 0.717) is 17.4 Å². The minimum atomic E-state index is 0.254. The predicted octanol–water partition coefficient (Wildman–Crippen LogP) is 2.81. The Hall–Kier alpha value is -1.59. The van der Waals surface area contributed by atoms with Crippen LogP contribution in [0.4, 0.5) is 0 Å². The highest BCUT2D eigenvalue weighted by Gasteiger charge is 2.09. The van der Waals surface area contributed by atoms with E-state index >= 15 is 0 Å². The van der Waals surface area contributed by atoms with Gasteiger partial charge in [-0.15, -0.1) is 0 Å². The number of nitrogens with one attached hydrogen (secondary N) is 1. The van der Waals surface area contributed by atoms with Crippen molar-refractivity contribution in [3.05, 3.63) is 40.9 Å². The molecule has 0 fully saturated rings. The summed E-state index contributed by atoms with van der Waals surface area (Å²) in [6.45, 7) is 5.22.